The molecule has 1 amide bonds. The molecule has 0 bridgehead atoms. The van der Waals surface area contributed by atoms with Crippen molar-refractivity contribution in [1.29, 1.82) is 0 Å². The molecule has 0 aliphatic rings. The van der Waals surface area contributed by atoms with Crippen LogP contribution in [-0.2, 0) is 7.05 Å². The van der Waals surface area contributed by atoms with Gasteiger partial charge in [0.25, 0.3) is 5.91 Å². The molecule has 0 aromatic carbocycles. The summed E-state index contributed by atoms with van der Waals surface area (Å²) in [6.45, 7) is 6.24. The number of nitrogens with two attached hydrogens (primary N) is 1. The molecule has 0 spiro atoms. The van der Waals surface area contributed by atoms with Gasteiger partial charge in [0.2, 0.25) is 0 Å². The smallest absolute Gasteiger partial charge is 0.274 e. The average Bonchev–Trinajstić information content (AvgIpc) is 2.69. The fraction of sp³-hybridized carbons (Fsp3) is 0.667. The third-order valence-electron chi connectivity index (χ3n) is 2.44. The van der Waals surface area contributed by atoms with Crippen molar-refractivity contribution in [3.63, 3.8) is 0 Å². The lowest BCUT2D eigenvalue weighted by atomic mass is 10.2. The Labute approximate surface area is 103 Å². The maximum atomic E-state index is 12.2. The fourth-order valence-corrected chi connectivity index (χ4v) is 1.69. The maximum absolute atomic E-state index is 12.2. The van der Waals surface area contributed by atoms with Gasteiger partial charge in [-0.1, -0.05) is 13.8 Å². The van der Waals surface area contributed by atoms with Crippen LogP contribution in [0.25, 0.3) is 0 Å². The van der Waals surface area contributed by atoms with Crippen LogP contribution in [-0.4, -0.2) is 40.2 Å². The molecule has 0 atom stereocenters. The normalized spacial score (nSPS) is 10.9. The summed E-state index contributed by atoms with van der Waals surface area (Å²) in [5.41, 5.74) is 6.00. The Balaban J connectivity index is 2.71. The third kappa shape index (κ3) is 4.19. The topological polar surface area (TPSA) is 64.2 Å². The average molecular weight is 238 g/mol. The summed E-state index contributed by atoms with van der Waals surface area (Å²) in [5.74, 6) is 0.438. The van der Waals surface area contributed by atoms with Crippen molar-refractivity contribution in [2.24, 2.45) is 18.7 Å². The van der Waals surface area contributed by atoms with Gasteiger partial charge >= 0.3 is 0 Å². The Morgan fingerprint density at radius 1 is 1.59 bits per heavy atom. The van der Waals surface area contributed by atoms with Crippen molar-refractivity contribution in [2.75, 3.05) is 19.6 Å². The molecule has 2 N–H and O–H groups in total. The quantitative estimate of drug-likeness (QED) is 0.799. The van der Waals surface area contributed by atoms with Crippen molar-refractivity contribution in [2.45, 2.75) is 20.3 Å². The minimum absolute atomic E-state index is 0.00671. The van der Waals surface area contributed by atoms with E-state index in [9.17, 15) is 4.79 Å². The first-order chi connectivity index (χ1) is 8.04. The van der Waals surface area contributed by atoms with E-state index in [1.54, 1.807) is 16.9 Å². The Bertz CT molecular complexity index is 359. The van der Waals surface area contributed by atoms with Gasteiger partial charge in [0.15, 0.2) is 0 Å². The van der Waals surface area contributed by atoms with Crippen LogP contribution >= 0.6 is 0 Å². The van der Waals surface area contributed by atoms with Gasteiger partial charge < -0.3 is 10.6 Å². The Morgan fingerprint density at radius 2 is 2.29 bits per heavy atom. The van der Waals surface area contributed by atoms with E-state index < -0.39 is 0 Å². The highest BCUT2D eigenvalue weighted by molar-refractivity contribution is 5.92. The molecule has 0 aliphatic heterocycles. The molecule has 0 aliphatic carbocycles. The molecule has 17 heavy (non-hydrogen) atoms. The molecule has 1 heterocycles. The molecular weight excluding hydrogens is 216 g/mol. The molecule has 1 aromatic heterocycles. The van der Waals surface area contributed by atoms with Gasteiger partial charge in [0, 0.05) is 26.3 Å². The molecule has 0 saturated carbocycles. The molecule has 0 fully saturated rings. The molecule has 0 saturated heterocycles. The largest absolute Gasteiger partial charge is 0.337 e. The number of aryl methyl sites for hydroxylation is 1. The van der Waals surface area contributed by atoms with E-state index in [4.69, 9.17) is 5.73 Å². The lowest BCUT2D eigenvalue weighted by Crippen LogP contribution is -2.36. The van der Waals surface area contributed by atoms with E-state index in [0.717, 1.165) is 13.0 Å². The Kier molecular flexibility index (Phi) is 5.15. The number of amides is 1. The van der Waals surface area contributed by atoms with Crippen molar-refractivity contribution in [3.05, 3.63) is 18.0 Å². The summed E-state index contributed by atoms with van der Waals surface area (Å²) in [6, 6.07) is 1.75. The van der Waals surface area contributed by atoms with Gasteiger partial charge in [0.1, 0.15) is 5.69 Å². The first kappa shape index (κ1) is 13.7. The van der Waals surface area contributed by atoms with Crippen LogP contribution in [0.5, 0.6) is 0 Å². The van der Waals surface area contributed by atoms with Gasteiger partial charge in [-0.25, -0.2) is 0 Å². The summed E-state index contributed by atoms with van der Waals surface area (Å²) >= 11 is 0. The molecule has 0 unspecified atom stereocenters. The number of hydrogen-bond donors (Lipinski definition) is 1. The zero-order valence-electron chi connectivity index (χ0n) is 10.9. The number of hydrogen-bond acceptors (Lipinski definition) is 3. The highest BCUT2D eigenvalue weighted by Gasteiger charge is 2.18. The van der Waals surface area contributed by atoms with Crippen LogP contribution < -0.4 is 5.73 Å². The molecule has 0 radical (unpaired) electrons. The fourth-order valence-electron chi connectivity index (χ4n) is 1.69. The highest BCUT2D eigenvalue weighted by Crippen LogP contribution is 2.06. The second-order valence-corrected chi connectivity index (χ2v) is 4.66. The summed E-state index contributed by atoms with van der Waals surface area (Å²) in [6.07, 6.45) is 2.61. The van der Waals surface area contributed by atoms with E-state index in [0.29, 0.717) is 24.7 Å². The predicted octanol–water partition coefficient (Wildman–Crippen LogP) is 0.867. The molecule has 96 valence electrons. The second-order valence-electron chi connectivity index (χ2n) is 4.66. The van der Waals surface area contributed by atoms with Crippen molar-refractivity contribution in [1.82, 2.24) is 14.7 Å². The monoisotopic (exact) mass is 238 g/mol. The van der Waals surface area contributed by atoms with Gasteiger partial charge in [-0.2, -0.15) is 5.10 Å². The minimum Gasteiger partial charge on any atom is -0.337 e. The van der Waals surface area contributed by atoms with Gasteiger partial charge in [-0.15, -0.1) is 0 Å². The first-order valence-electron chi connectivity index (χ1n) is 6.03. The summed E-state index contributed by atoms with van der Waals surface area (Å²) in [5, 5.41) is 4.14. The summed E-state index contributed by atoms with van der Waals surface area (Å²) < 4.78 is 1.64. The minimum atomic E-state index is -0.00671. The molecule has 5 heteroatoms. The van der Waals surface area contributed by atoms with E-state index >= 15 is 0 Å². The summed E-state index contributed by atoms with van der Waals surface area (Å²) in [7, 11) is 1.81. The zero-order chi connectivity index (χ0) is 12.8. The standard InChI is InChI=1S/C12H22N4O/c1-10(2)9-16(7-4-6-13)12(17)11-5-8-15(3)14-11/h5,8,10H,4,6-7,9,13H2,1-3H3. The Morgan fingerprint density at radius 3 is 2.76 bits per heavy atom. The van der Waals surface area contributed by atoms with Gasteiger partial charge in [-0.05, 0) is 24.9 Å². The predicted molar refractivity (Wildman–Crippen MR) is 67.6 cm³/mol. The molecule has 1 rings (SSSR count). The van der Waals surface area contributed by atoms with Gasteiger partial charge in [0.05, 0.1) is 0 Å². The number of aromatic nitrogens is 2. The summed E-state index contributed by atoms with van der Waals surface area (Å²) in [4.78, 5) is 14.0. The number of carbonyl (C=O) groups excluding carboxylic acids is 1. The van der Waals surface area contributed by atoms with Crippen molar-refractivity contribution in [3.8, 4) is 0 Å². The van der Waals surface area contributed by atoms with Crippen LogP contribution in [0.3, 0.4) is 0 Å². The van der Waals surface area contributed by atoms with Crippen LogP contribution in [0.15, 0.2) is 12.3 Å². The van der Waals surface area contributed by atoms with Crippen LogP contribution in [0.4, 0.5) is 0 Å². The highest BCUT2D eigenvalue weighted by atomic mass is 16.2. The lowest BCUT2D eigenvalue weighted by molar-refractivity contribution is 0.0728. The van der Waals surface area contributed by atoms with Crippen LogP contribution in [0.1, 0.15) is 30.8 Å². The van der Waals surface area contributed by atoms with Crippen LogP contribution in [0.2, 0.25) is 0 Å². The number of nitrogens with zero attached hydrogens (tertiary/aromatic N) is 3. The maximum Gasteiger partial charge on any atom is 0.274 e. The van der Waals surface area contributed by atoms with E-state index in [1.807, 2.05) is 11.9 Å². The van der Waals surface area contributed by atoms with E-state index in [2.05, 4.69) is 18.9 Å². The van der Waals surface area contributed by atoms with Crippen molar-refractivity contribution >= 4 is 5.91 Å². The van der Waals surface area contributed by atoms with Crippen LogP contribution in [0, 0.1) is 5.92 Å². The molecule has 1 aromatic rings. The second kappa shape index (κ2) is 6.39. The van der Waals surface area contributed by atoms with Gasteiger partial charge in [-0.3, -0.25) is 9.48 Å². The van der Waals surface area contributed by atoms with E-state index in [1.165, 1.54) is 0 Å². The molecule has 5 nitrogen and oxygen atoms in total. The van der Waals surface area contributed by atoms with E-state index in [-0.39, 0.29) is 5.91 Å². The third-order valence-corrected chi connectivity index (χ3v) is 2.44. The molecular formula is C12H22N4O. The SMILES string of the molecule is CC(C)CN(CCCN)C(=O)c1ccn(C)n1. The first-order valence-corrected chi connectivity index (χ1v) is 6.03. The Hall–Kier alpha value is -1.36. The number of rotatable bonds is 6. The van der Waals surface area contributed by atoms with Crippen molar-refractivity contribution < 1.29 is 4.79 Å². The number of carbonyl (C=O) groups is 1. The lowest BCUT2D eigenvalue weighted by Gasteiger charge is -2.23. The zero-order valence-corrected chi connectivity index (χ0v) is 10.9.